The SMILES string of the molecule is Cc1ccc(F)c(C(=O)NC2CCCCC2CCl)c1. The lowest BCUT2D eigenvalue weighted by molar-refractivity contribution is 0.0907. The van der Waals surface area contributed by atoms with E-state index in [-0.39, 0.29) is 17.5 Å². The Bertz CT molecular complexity index is 463. The van der Waals surface area contributed by atoms with Crippen LogP contribution in [-0.4, -0.2) is 17.8 Å². The molecule has 1 aromatic rings. The topological polar surface area (TPSA) is 29.1 Å². The second-order valence-electron chi connectivity index (χ2n) is 5.26. The smallest absolute Gasteiger partial charge is 0.254 e. The summed E-state index contributed by atoms with van der Waals surface area (Å²) < 4.78 is 13.7. The minimum atomic E-state index is -0.471. The first-order valence-corrected chi connectivity index (χ1v) is 7.28. The first-order chi connectivity index (χ1) is 9.11. The molecule has 104 valence electrons. The zero-order valence-corrected chi connectivity index (χ0v) is 11.8. The number of hydrogen-bond donors (Lipinski definition) is 1. The number of benzene rings is 1. The van der Waals surface area contributed by atoms with Crippen molar-refractivity contribution in [3.8, 4) is 0 Å². The second kappa shape index (κ2) is 6.38. The molecule has 1 saturated carbocycles. The number of rotatable bonds is 3. The van der Waals surface area contributed by atoms with E-state index in [2.05, 4.69) is 5.32 Å². The van der Waals surface area contributed by atoms with Gasteiger partial charge in [0.15, 0.2) is 0 Å². The summed E-state index contributed by atoms with van der Waals surface area (Å²) in [6, 6.07) is 4.65. The molecule has 1 aliphatic rings. The van der Waals surface area contributed by atoms with E-state index in [1.807, 2.05) is 6.92 Å². The van der Waals surface area contributed by atoms with E-state index in [0.717, 1.165) is 31.2 Å². The quantitative estimate of drug-likeness (QED) is 0.843. The summed E-state index contributed by atoms with van der Waals surface area (Å²) in [5.41, 5.74) is 1.00. The normalized spacial score (nSPS) is 23.1. The fraction of sp³-hybridized carbons (Fsp3) is 0.533. The lowest BCUT2D eigenvalue weighted by Gasteiger charge is -2.30. The summed E-state index contributed by atoms with van der Waals surface area (Å²) in [7, 11) is 0. The van der Waals surface area contributed by atoms with Crippen LogP contribution in [0.2, 0.25) is 0 Å². The highest BCUT2D eigenvalue weighted by molar-refractivity contribution is 6.18. The van der Waals surface area contributed by atoms with Crippen LogP contribution in [0.25, 0.3) is 0 Å². The maximum atomic E-state index is 13.7. The van der Waals surface area contributed by atoms with Crippen LogP contribution < -0.4 is 5.32 Å². The average Bonchev–Trinajstić information content (AvgIpc) is 2.42. The summed E-state index contributed by atoms with van der Waals surface area (Å²) in [6.45, 7) is 1.85. The van der Waals surface area contributed by atoms with Crippen molar-refractivity contribution in [3.63, 3.8) is 0 Å². The predicted molar refractivity (Wildman–Crippen MR) is 75.1 cm³/mol. The van der Waals surface area contributed by atoms with Crippen LogP contribution in [-0.2, 0) is 0 Å². The maximum absolute atomic E-state index is 13.7. The van der Waals surface area contributed by atoms with E-state index in [0.29, 0.717) is 11.8 Å². The van der Waals surface area contributed by atoms with E-state index in [1.54, 1.807) is 12.1 Å². The Morgan fingerprint density at radius 1 is 1.42 bits per heavy atom. The number of nitrogens with one attached hydrogen (secondary N) is 1. The molecule has 2 unspecified atom stereocenters. The van der Waals surface area contributed by atoms with Gasteiger partial charge in [-0.05, 0) is 37.8 Å². The minimum Gasteiger partial charge on any atom is -0.349 e. The van der Waals surface area contributed by atoms with Crippen molar-refractivity contribution in [1.82, 2.24) is 5.32 Å². The van der Waals surface area contributed by atoms with Crippen LogP contribution in [0, 0.1) is 18.7 Å². The molecule has 0 aliphatic heterocycles. The van der Waals surface area contributed by atoms with Crippen molar-refractivity contribution in [3.05, 3.63) is 35.1 Å². The third kappa shape index (κ3) is 3.47. The van der Waals surface area contributed by atoms with Crippen molar-refractivity contribution in [2.45, 2.75) is 38.6 Å². The van der Waals surface area contributed by atoms with Gasteiger partial charge in [0.2, 0.25) is 0 Å². The summed E-state index contributed by atoms with van der Waals surface area (Å²) in [4.78, 5) is 12.2. The molecule has 1 aliphatic carbocycles. The third-order valence-electron chi connectivity index (χ3n) is 3.79. The van der Waals surface area contributed by atoms with Gasteiger partial charge in [-0.3, -0.25) is 4.79 Å². The molecule has 19 heavy (non-hydrogen) atoms. The zero-order valence-electron chi connectivity index (χ0n) is 11.1. The minimum absolute atomic E-state index is 0.0682. The molecule has 1 fully saturated rings. The lowest BCUT2D eigenvalue weighted by Crippen LogP contribution is -2.43. The van der Waals surface area contributed by atoms with Crippen LogP contribution in [0.1, 0.15) is 41.6 Å². The van der Waals surface area contributed by atoms with Crippen molar-refractivity contribution < 1.29 is 9.18 Å². The fourth-order valence-electron chi connectivity index (χ4n) is 2.64. The Morgan fingerprint density at radius 3 is 2.89 bits per heavy atom. The highest BCUT2D eigenvalue weighted by atomic mass is 35.5. The standard InChI is InChI=1S/C15H19ClFNO/c1-10-6-7-13(17)12(8-10)15(19)18-14-5-3-2-4-11(14)9-16/h6-8,11,14H,2-5,9H2,1H3,(H,18,19). The van der Waals surface area contributed by atoms with E-state index in [1.165, 1.54) is 6.07 Å². The van der Waals surface area contributed by atoms with Crippen molar-refractivity contribution in [1.29, 1.82) is 0 Å². The van der Waals surface area contributed by atoms with Crippen LogP contribution in [0.3, 0.4) is 0 Å². The van der Waals surface area contributed by atoms with Crippen molar-refractivity contribution in [2.75, 3.05) is 5.88 Å². The number of hydrogen-bond acceptors (Lipinski definition) is 1. The molecule has 1 aromatic carbocycles. The Labute approximate surface area is 118 Å². The molecule has 4 heteroatoms. The van der Waals surface area contributed by atoms with Crippen molar-refractivity contribution >= 4 is 17.5 Å². The number of carbonyl (C=O) groups excluding carboxylic acids is 1. The molecule has 2 atom stereocenters. The largest absolute Gasteiger partial charge is 0.349 e. The van der Waals surface area contributed by atoms with Crippen molar-refractivity contribution in [2.24, 2.45) is 5.92 Å². The Morgan fingerprint density at radius 2 is 2.16 bits per heavy atom. The average molecular weight is 284 g/mol. The van der Waals surface area contributed by atoms with Gasteiger partial charge in [-0.25, -0.2) is 4.39 Å². The van der Waals surface area contributed by atoms with E-state index in [9.17, 15) is 9.18 Å². The van der Waals surface area contributed by atoms with Gasteiger partial charge >= 0.3 is 0 Å². The van der Waals surface area contributed by atoms with Crippen LogP contribution in [0.5, 0.6) is 0 Å². The molecule has 0 radical (unpaired) electrons. The van der Waals surface area contributed by atoms with Gasteiger partial charge < -0.3 is 5.32 Å². The van der Waals surface area contributed by atoms with E-state index < -0.39 is 5.82 Å². The molecule has 0 bridgehead atoms. The fourth-order valence-corrected chi connectivity index (χ4v) is 3.01. The number of carbonyl (C=O) groups is 1. The van der Waals surface area contributed by atoms with Gasteiger partial charge in [0.25, 0.3) is 5.91 Å². The summed E-state index contributed by atoms with van der Waals surface area (Å²) in [5, 5.41) is 2.94. The second-order valence-corrected chi connectivity index (χ2v) is 5.57. The van der Waals surface area contributed by atoms with Gasteiger partial charge in [-0.15, -0.1) is 11.6 Å². The summed E-state index contributed by atoms with van der Waals surface area (Å²) >= 11 is 5.94. The van der Waals surface area contributed by atoms with Gasteiger partial charge in [0.1, 0.15) is 5.82 Å². The summed E-state index contributed by atoms with van der Waals surface area (Å²) in [5.74, 6) is 0.0399. The molecule has 1 amide bonds. The maximum Gasteiger partial charge on any atom is 0.254 e. The first kappa shape index (κ1) is 14.3. The molecule has 0 spiro atoms. The van der Waals surface area contributed by atoms with Gasteiger partial charge in [-0.2, -0.15) is 0 Å². The first-order valence-electron chi connectivity index (χ1n) is 6.75. The molecular weight excluding hydrogens is 265 g/mol. The third-order valence-corrected chi connectivity index (χ3v) is 4.19. The molecule has 1 N–H and O–H groups in total. The lowest BCUT2D eigenvalue weighted by atomic mass is 9.85. The monoisotopic (exact) mass is 283 g/mol. The number of amides is 1. The van der Waals surface area contributed by atoms with E-state index >= 15 is 0 Å². The Hall–Kier alpha value is -1.09. The van der Waals surface area contributed by atoms with E-state index in [4.69, 9.17) is 11.6 Å². The van der Waals surface area contributed by atoms with Crippen LogP contribution in [0.15, 0.2) is 18.2 Å². The number of alkyl halides is 1. The number of halogens is 2. The highest BCUT2D eigenvalue weighted by Gasteiger charge is 2.26. The van der Waals surface area contributed by atoms with Gasteiger partial charge in [-0.1, -0.05) is 24.5 Å². The Balaban J connectivity index is 2.09. The predicted octanol–water partition coefficient (Wildman–Crippen LogP) is 3.66. The molecule has 2 nitrogen and oxygen atoms in total. The van der Waals surface area contributed by atoms with Gasteiger partial charge in [0.05, 0.1) is 5.56 Å². The van der Waals surface area contributed by atoms with Crippen LogP contribution >= 0.6 is 11.6 Å². The number of aryl methyl sites for hydroxylation is 1. The summed E-state index contributed by atoms with van der Waals surface area (Å²) in [6.07, 6.45) is 4.21. The molecule has 0 heterocycles. The molecular formula is C15H19ClFNO. The zero-order chi connectivity index (χ0) is 13.8. The molecule has 0 aromatic heterocycles. The molecule has 2 rings (SSSR count). The Kier molecular flexibility index (Phi) is 4.81. The highest BCUT2D eigenvalue weighted by Crippen LogP contribution is 2.25. The van der Waals surface area contributed by atoms with Crippen LogP contribution in [0.4, 0.5) is 4.39 Å². The molecule has 0 saturated heterocycles. The van der Waals surface area contributed by atoms with Gasteiger partial charge in [0, 0.05) is 11.9 Å².